The Hall–Kier alpha value is -2.57. The van der Waals surface area contributed by atoms with Crippen LogP contribution in [-0.2, 0) is 4.79 Å². The van der Waals surface area contributed by atoms with Crippen LogP contribution in [0.1, 0.15) is 55.3 Å². The molecular weight excluding hydrogens is 368 g/mol. The van der Waals surface area contributed by atoms with Gasteiger partial charge >= 0.3 is 6.03 Å². The highest BCUT2D eigenvalue weighted by atomic mass is 16.2. The van der Waals surface area contributed by atoms with Crippen molar-refractivity contribution in [3.05, 3.63) is 29.8 Å². The van der Waals surface area contributed by atoms with E-state index in [4.69, 9.17) is 0 Å². The zero-order chi connectivity index (χ0) is 20.2. The minimum Gasteiger partial charge on any atom is -0.339 e. The Morgan fingerprint density at radius 2 is 1.55 bits per heavy atom. The van der Waals surface area contributed by atoms with E-state index in [-0.39, 0.29) is 23.9 Å². The third kappa shape index (κ3) is 4.54. The normalized spacial score (nSPS) is 22.7. The molecule has 3 heterocycles. The molecule has 3 aliphatic rings. The summed E-state index contributed by atoms with van der Waals surface area (Å²) in [7, 11) is 0. The van der Waals surface area contributed by atoms with Gasteiger partial charge in [-0.25, -0.2) is 4.79 Å². The Bertz CT molecular complexity index is 758. The van der Waals surface area contributed by atoms with Gasteiger partial charge in [-0.15, -0.1) is 0 Å². The lowest BCUT2D eigenvalue weighted by molar-refractivity contribution is -0.136. The number of carbonyl (C=O) groups is 3. The van der Waals surface area contributed by atoms with Crippen LogP contribution in [0.3, 0.4) is 0 Å². The minimum atomic E-state index is -0.141. The molecule has 1 N–H and O–H groups in total. The summed E-state index contributed by atoms with van der Waals surface area (Å²) in [5, 5.41) is 2.94. The molecule has 156 valence electrons. The maximum Gasteiger partial charge on any atom is 0.321 e. The first kappa shape index (κ1) is 19.7. The van der Waals surface area contributed by atoms with Crippen molar-refractivity contribution >= 4 is 23.5 Å². The standard InChI is InChI=1S/C22H30N4O3/c27-20-7-1-2-15-26(20)19-6-5-14-25(16-19)22(29)23-18-10-8-17(9-11-18)21(28)24-12-3-4-13-24/h8-11,19H,1-7,12-16H2,(H,23,29). The zero-order valence-electron chi connectivity index (χ0n) is 16.9. The zero-order valence-corrected chi connectivity index (χ0v) is 16.9. The van der Waals surface area contributed by atoms with Crippen LogP contribution in [0.15, 0.2) is 24.3 Å². The van der Waals surface area contributed by atoms with E-state index in [1.165, 1.54) is 0 Å². The number of carbonyl (C=O) groups excluding carboxylic acids is 3. The number of urea groups is 1. The van der Waals surface area contributed by atoms with Gasteiger partial charge in [-0.1, -0.05) is 0 Å². The Kier molecular flexibility index (Phi) is 6.02. The third-order valence-electron chi connectivity index (χ3n) is 6.26. The van der Waals surface area contributed by atoms with E-state index < -0.39 is 0 Å². The molecule has 1 atom stereocenters. The first-order chi connectivity index (χ1) is 14.1. The van der Waals surface area contributed by atoms with Crippen molar-refractivity contribution in [1.29, 1.82) is 0 Å². The van der Waals surface area contributed by atoms with E-state index in [1.807, 2.05) is 9.80 Å². The number of amides is 4. The van der Waals surface area contributed by atoms with Crippen molar-refractivity contribution < 1.29 is 14.4 Å². The van der Waals surface area contributed by atoms with E-state index in [0.717, 1.165) is 58.2 Å². The van der Waals surface area contributed by atoms with Gasteiger partial charge in [0.25, 0.3) is 5.91 Å². The maximum atomic E-state index is 12.7. The predicted molar refractivity (Wildman–Crippen MR) is 111 cm³/mol. The smallest absolute Gasteiger partial charge is 0.321 e. The monoisotopic (exact) mass is 398 g/mol. The molecule has 4 amide bonds. The molecule has 3 fully saturated rings. The van der Waals surface area contributed by atoms with E-state index in [0.29, 0.717) is 30.8 Å². The van der Waals surface area contributed by atoms with Crippen LogP contribution >= 0.6 is 0 Å². The van der Waals surface area contributed by atoms with Crippen LogP contribution < -0.4 is 5.32 Å². The van der Waals surface area contributed by atoms with E-state index >= 15 is 0 Å². The molecule has 0 radical (unpaired) electrons. The number of rotatable bonds is 3. The third-order valence-corrected chi connectivity index (χ3v) is 6.26. The number of piperidine rings is 2. The van der Waals surface area contributed by atoms with Crippen molar-refractivity contribution in [2.75, 3.05) is 38.0 Å². The summed E-state index contributed by atoms with van der Waals surface area (Å²) in [6.45, 7) is 3.75. The van der Waals surface area contributed by atoms with Crippen molar-refractivity contribution in [3.8, 4) is 0 Å². The topological polar surface area (TPSA) is 73.0 Å². The summed E-state index contributed by atoms with van der Waals surface area (Å²) >= 11 is 0. The number of hydrogen-bond acceptors (Lipinski definition) is 3. The first-order valence-electron chi connectivity index (χ1n) is 10.9. The summed E-state index contributed by atoms with van der Waals surface area (Å²) < 4.78 is 0. The highest BCUT2D eigenvalue weighted by Gasteiger charge is 2.31. The lowest BCUT2D eigenvalue weighted by Gasteiger charge is -2.40. The molecule has 7 heteroatoms. The molecule has 1 aromatic rings. The fourth-order valence-electron chi connectivity index (χ4n) is 4.61. The Morgan fingerprint density at radius 1 is 0.862 bits per heavy atom. The van der Waals surface area contributed by atoms with Gasteiger partial charge in [0.15, 0.2) is 0 Å². The largest absolute Gasteiger partial charge is 0.339 e. The molecule has 0 bridgehead atoms. The summed E-state index contributed by atoms with van der Waals surface area (Å²) in [6.07, 6.45) is 6.66. The molecule has 3 saturated heterocycles. The molecule has 4 rings (SSSR count). The molecule has 29 heavy (non-hydrogen) atoms. The second-order valence-electron chi connectivity index (χ2n) is 8.29. The van der Waals surface area contributed by atoms with Gasteiger partial charge in [0.1, 0.15) is 0 Å². The lowest BCUT2D eigenvalue weighted by atomic mass is 10.0. The van der Waals surface area contributed by atoms with Crippen LogP contribution in [0.4, 0.5) is 10.5 Å². The Balaban J connectivity index is 1.33. The molecule has 0 saturated carbocycles. The van der Waals surface area contributed by atoms with Crippen molar-refractivity contribution in [2.24, 2.45) is 0 Å². The van der Waals surface area contributed by atoms with E-state index in [1.54, 1.807) is 29.2 Å². The minimum absolute atomic E-state index is 0.0606. The summed E-state index contributed by atoms with van der Waals surface area (Å²) in [5.74, 6) is 0.284. The predicted octanol–water partition coefficient (Wildman–Crippen LogP) is 2.93. The fourth-order valence-corrected chi connectivity index (χ4v) is 4.61. The lowest BCUT2D eigenvalue weighted by Crippen LogP contribution is -2.53. The van der Waals surface area contributed by atoms with Crippen molar-refractivity contribution in [3.63, 3.8) is 0 Å². The average molecular weight is 399 g/mol. The van der Waals surface area contributed by atoms with Crippen LogP contribution in [0.25, 0.3) is 0 Å². The molecule has 0 spiro atoms. The quantitative estimate of drug-likeness (QED) is 0.851. The van der Waals surface area contributed by atoms with Crippen LogP contribution in [0, 0.1) is 0 Å². The summed E-state index contributed by atoms with van der Waals surface area (Å²) in [4.78, 5) is 43.1. The van der Waals surface area contributed by atoms with Gasteiger partial charge in [-0.2, -0.15) is 0 Å². The van der Waals surface area contributed by atoms with Crippen molar-refractivity contribution in [2.45, 2.75) is 51.0 Å². The summed E-state index contributed by atoms with van der Waals surface area (Å²) in [6, 6.07) is 7.12. The molecule has 3 aliphatic heterocycles. The second kappa shape index (κ2) is 8.84. The SMILES string of the molecule is O=C(Nc1ccc(C(=O)N2CCCC2)cc1)N1CCCC(N2CCCCC2=O)C1. The number of nitrogens with one attached hydrogen (secondary N) is 1. The van der Waals surface area contributed by atoms with Gasteiger partial charge in [0.05, 0.1) is 0 Å². The van der Waals surface area contributed by atoms with Crippen LogP contribution in [0.2, 0.25) is 0 Å². The van der Waals surface area contributed by atoms with Gasteiger partial charge in [-0.05, 0) is 62.8 Å². The molecule has 0 aromatic heterocycles. The van der Waals surface area contributed by atoms with E-state index in [9.17, 15) is 14.4 Å². The van der Waals surface area contributed by atoms with Gasteiger partial charge in [-0.3, -0.25) is 9.59 Å². The maximum absolute atomic E-state index is 12.7. The highest BCUT2D eigenvalue weighted by Crippen LogP contribution is 2.22. The van der Waals surface area contributed by atoms with Gasteiger partial charge in [0.2, 0.25) is 5.91 Å². The van der Waals surface area contributed by atoms with Crippen LogP contribution in [0.5, 0.6) is 0 Å². The second-order valence-corrected chi connectivity index (χ2v) is 8.29. The van der Waals surface area contributed by atoms with E-state index in [2.05, 4.69) is 5.32 Å². The molecule has 0 aliphatic carbocycles. The fraction of sp³-hybridized carbons (Fsp3) is 0.591. The average Bonchev–Trinajstić information content (AvgIpc) is 3.29. The highest BCUT2D eigenvalue weighted by molar-refractivity contribution is 5.95. The molecule has 1 aromatic carbocycles. The number of nitrogens with zero attached hydrogens (tertiary/aromatic N) is 3. The molecule has 1 unspecified atom stereocenters. The molecule has 7 nitrogen and oxygen atoms in total. The Morgan fingerprint density at radius 3 is 2.28 bits per heavy atom. The van der Waals surface area contributed by atoms with Crippen molar-refractivity contribution in [1.82, 2.24) is 14.7 Å². The van der Waals surface area contributed by atoms with Gasteiger partial charge in [0, 0.05) is 56.4 Å². The van der Waals surface area contributed by atoms with Gasteiger partial charge < -0.3 is 20.0 Å². The number of hydrogen-bond donors (Lipinski definition) is 1. The first-order valence-corrected chi connectivity index (χ1v) is 10.9. The number of anilines is 1. The summed E-state index contributed by atoms with van der Waals surface area (Å²) in [5.41, 5.74) is 1.34. The number of benzene rings is 1. The molecular formula is C22H30N4O3. The Labute approximate surface area is 172 Å². The number of likely N-dealkylation sites (tertiary alicyclic amines) is 3. The van der Waals surface area contributed by atoms with Crippen LogP contribution in [-0.4, -0.2) is 71.3 Å².